The Kier molecular flexibility index (Phi) is 6.24. The van der Waals surface area contributed by atoms with Crippen LogP contribution in [-0.4, -0.2) is 59.9 Å². The molecule has 0 atom stereocenters. The molecule has 0 aromatic heterocycles. The van der Waals surface area contributed by atoms with Crippen LogP contribution in [0.3, 0.4) is 0 Å². The minimum Gasteiger partial charge on any atom is -0.466 e. The number of ether oxygens (including phenoxy) is 2. The van der Waals surface area contributed by atoms with Crippen LogP contribution < -0.4 is 0 Å². The zero-order valence-corrected chi connectivity index (χ0v) is 17.2. The summed E-state index contributed by atoms with van der Waals surface area (Å²) in [7, 11) is 0. The molecule has 10 heteroatoms. The van der Waals surface area contributed by atoms with Gasteiger partial charge in [0.15, 0.2) is 34.7 Å². The molecule has 0 N–H and O–H groups in total. The van der Waals surface area contributed by atoms with E-state index in [9.17, 15) is 38.4 Å². The molecule has 0 radical (unpaired) electrons. The molecule has 0 unspecified atom stereocenters. The Morgan fingerprint density at radius 1 is 0.625 bits per heavy atom. The Morgan fingerprint density at radius 3 is 1.16 bits per heavy atom. The van der Waals surface area contributed by atoms with Crippen LogP contribution in [0.1, 0.15) is 68.1 Å². The number of hydrogen-bond donors (Lipinski definition) is 0. The predicted molar refractivity (Wildman–Crippen MR) is 103 cm³/mol. The zero-order valence-electron chi connectivity index (χ0n) is 17.2. The molecule has 0 amide bonds. The second-order valence-electron chi connectivity index (χ2n) is 7.16. The molecule has 0 aliphatic heterocycles. The Bertz CT molecular complexity index is 972. The Balaban J connectivity index is 1.88. The number of fused-ring (bicyclic) bond motifs is 2. The van der Waals surface area contributed by atoms with Crippen molar-refractivity contribution < 1.29 is 47.8 Å². The van der Waals surface area contributed by atoms with Crippen molar-refractivity contribution in [2.24, 2.45) is 11.8 Å². The number of benzene rings is 1. The first kappa shape index (κ1) is 22.9. The predicted octanol–water partition coefficient (Wildman–Crippen LogP) is 0.722. The standard InChI is InChI=1S/C22H18O10/c1-3-31-15(25)7-13(23)17-19(27)9-5-11-12(6-10(9)20(17)28)22(30)18(21(11)29)14(24)8-16(26)32-4-2/h5-6,17-18H,3-4,7-8H2,1-2H3. The van der Waals surface area contributed by atoms with Crippen LogP contribution in [0.25, 0.3) is 0 Å². The van der Waals surface area contributed by atoms with Gasteiger partial charge in [0.25, 0.3) is 0 Å². The van der Waals surface area contributed by atoms with Gasteiger partial charge in [-0.2, -0.15) is 0 Å². The van der Waals surface area contributed by atoms with Crippen molar-refractivity contribution >= 4 is 46.6 Å². The summed E-state index contributed by atoms with van der Waals surface area (Å²) in [6.45, 7) is 3.10. The zero-order chi connectivity index (χ0) is 23.7. The highest BCUT2D eigenvalue weighted by atomic mass is 16.5. The quantitative estimate of drug-likeness (QED) is 0.415. The minimum absolute atomic E-state index is 0.0197. The molecular formula is C22H18O10. The summed E-state index contributed by atoms with van der Waals surface area (Å²) < 4.78 is 9.31. The van der Waals surface area contributed by atoms with E-state index in [4.69, 9.17) is 0 Å². The summed E-state index contributed by atoms with van der Waals surface area (Å²) in [5.74, 6) is -10.8. The third kappa shape index (κ3) is 3.79. The maximum Gasteiger partial charge on any atom is 0.313 e. The van der Waals surface area contributed by atoms with E-state index in [-0.39, 0.29) is 35.5 Å². The maximum atomic E-state index is 12.7. The number of Topliss-reactive ketones (excluding diaryl/α,β-unsaturated/α-hetero) is 6. The van der Waals surface area contributed by atoms with Gasteiger partial charge in [-0.15, -0.1) is 0 Å². The monoisotopic (exact) mass is 442 g/mol. The van der Waals surface area contributed by atoms with Crippen molar-refractivity contribution in [3.63, 3.8) is 0 Å². The average Bonchev–Trinajstić information content (AvgIpc) is 3.11. The molecule has 0 spiro atoms. The molecular weight excluding hydrogens is 424 g/mol. The third-order valence-corrected chi connectivity index (χ3v) is 5.16. The summed E-state index contributed by atoms with van der Waals surface area (Å²) in [6, 6.07) is 2.03. The van der Waals surface area contributed by atoms with E-state index in [2.05, 4.69) is 9.47 Å². The lowest BCUT2D eigenvalue weighted by Crippen LogP contribution is -2.28. The minimum atomic E-state index is -1.76. The van der Waals surface area contributed by atoms with Crippen LogP contribution in [0.2, 0.25) is 0 Å². The SMILES string of the molecule is CCOC(=O)CC(=O)C1C(=O)c2cc3c(cc2C1=O)C(=O)C(C(=O)CC(=O)OCC)C3=O. The lowest BCUT2D eigenvalue weighted by Gasteiger charge is -2.06. The number of hydrogen-bond acceptors (Lipinski definition) is 10. The van der Waals surface area contributed by atoms with E-state index in [0.29, 0.717) is 0 Å². The number of carbonyl (C=O) groups excluding carboxylic acids is 8. The summed E-state index contributed by atoms with van der Waals surface area (Å²) in [6.07, 6.45) is -1.54. The third-order valence-electron chi connectivity index (χ3n) is 5.16. The number of ketones is 6. The molecule has 0 fully saturated rings. The van der Waals surface area contributed by atoms with Crippen LogP contribution in [0.15, 0.2) is 12.1 Å². The molecule has 166 valence electrons. The van der Waals surface area contributed by atoms with Gasteiger partial charge in [0.1, 0.15) is 24.7 Å². The highest BCUT2D eigenvalue weighted by molar-refractivity contribution is 6.40. The fraction of sp³-hybridized carbons (Fsp3) is 0.364. The number of carbonyl (C=O) groups is 8. The molecule has 0 saturated carbocycles. The molecule has 1 aromatic carbocycles. The van der Waals surface area contributed by atoms with Gasteiger partial charge in [-0.1, -0.05) is 0 Å². The summed E-state index contributed by atoms with van der Waals surface area (Å²) in [5, 5.41) is 0. The summed E-state index contributed by atoms with van der Waals surface area (Å²) in [5.41, 5.74) is -0.961. The fourth-order valence-corrected chi connectivity index (χ4v) is 3.77. The van der Waals surface area contributed by atoms with Crippen molar-refractivity contribution in [2.75, 3.05) is 13.2 Å². The van der Waals surface area contributed by atoms with Crippen LogP contribution >= 0.6 is 0 Å². The van der Waals surface area contributed by atoms with Crippen molar-refractivity contribution in [2.45, 2.75) is 26.7 Å². The van der Waals surface area contributed by atoms with Gasteiger partial charge in [0.05, 0.1) is 13.2 Å². The Hall–Kier alpha value is -3.82. The van der Waals surface area contributed by atoms with E-state index in [1.54, 1.807) is 0 Å². The molecule has 32 heavy (non-hydrogen) atoms. The van der Waals surface area contributed by atoms with Gasteiger partial charge in [-0.25, -0.2) is 0 Å². The van der Waals surface area contributed by atoms with Gasteiger partial charge in [0.2, 0.25) is 0 Å². The second kappa shape index (κ2) is 8.74. The molecule has 0 saturated heterocycles. The van der Waals surface area contributed by atoms with E-state index in [1.807, 2.05) is 0 Å². The fourth-order valence-electron chi connectivity index (χ4n) is 3.77. The molecule has 10 nitrogen and oxygen atoms in total. The van der Waals surface area contributed by atoms with Gasteiger partial charge in [0, 0.05) is 22.3 Å². The molecule has 0 heterocycles. The molecule has 2 aliphatic carbocycles. The van der Waals surface area contributed by atoms with Crippen LogP contribution in [0.5, 0.6) is 0 Å². The lowest BCUT2D eigenvalue weighted by atomic mass is 9.95. The van der Waals surface area contributed by atoms with E-state index in [0.717, 1.165) is 12.1 Å². The molecule has 0 bridgehead atoms. The molecule has 1 aromatic rings. The highest BCUT2D eigenvalue weighted by Crippen LogP contribution is 2.36. The normalized spacial score (nSPS) is 15.6. The van der Waals surface area contributed by atoms with Crippen LogP contribution in [-0.2, 0) is 28.7 Å². The highest BCUT2D eigenvalue weighted by Gasteiger charge is 2.49. The van der Waals surface area contributed by atoms with Gasteiger partial charge in [-0.05, 0) is 26.0 Å². The first-order chi connectivity index (χ1) is 15.1. The topological polar surface area (TPSA) is 155 Å². The van der Waals surface area contributed by atoms with Gasteiger partial charge < -0.3 is 9.47 Å². The number of esters is 2. The van der Waals surface area contributed by atoms with Crippen LogP contribution in [0, 0.1) is 11.8 Å². The first-order valence-corrected chi connectivity index (χ1v) is 9.83. The molecule has 3 rings (SSSR count). The van der Waals surface area contributed by atoms with Crippen LogP contribution in [0.4, 0.5) is 0 Å². The van der Waals surface area contributed by atoms with Gasteiger partial charge in [-0.3, -0.25) is 38.4 Å². The lowest BCUT2D eigenvalue weighted by molar-refractivity contribution is -0.147. The molecule has 2 aliphatic rings. The average molecular weight is 442 g/mol. The van der Waals surface area contributed by atoms with Crippen molar-refractivity contribution in [1.82, 2.24) is 0 Å². The Morgan fingerprint density at radius 2 is 0.906 bits per heavy atom. The van der Waals surface area contributed by atoms with Crippen molar-refractivity contribution in [1.29, 1.82) is 0 Å². The largest absolute Gasteiger partial charge is 0.466 e. The maximum absolute atomic E-state index is 12.7. The van der Waals surface area contributed by atoms with Gasteiger partial charge >= 0.3 is 11.9 Å². The summed E-state index contributed by atoms with van der Waals surface area (Å²) in [4.78, 5) is 98.5. The van der Waals surface area contributed by atoms with E-state index in [1.165, 1.54) is 13.8 Å². The van der Waals surface area contributed by atoms with Crippen molar-refractivity contribution in [3.8, 4) is 0 Å². The van der Waals surface area contributed by atoms with E-state index >= 15 is 0 Å². The first-order valence-electron chi connectivity index (χ1n) is 9.83. The Labute approximate surface area is 181 Å². The summed E-state index contributed by atoms with van der Waals surface area (Å²) >= 11 is 0. The van der Waals surface area contributed by atoms with E-state index < -0.39 is 71.3 Å². The number of rotatable bonds is 8. The smallest absolute Gasteiger partial charge is 0.313 e. The van der Waals surface area contributed by atoms with Crippen molar-refractivity contribution in [3.05, 3.63) is 34.4 Å². The second-order valence-corrected chi connectivity index (χ2v) is 7.16.